The number of aromatic nitrogens is 4. The first kappa shape index (κ1) is 20.3. The molecule has 1 atom stereocenters. The van der Waals surface area contributed by atoms with Crippen LogP contribution in [0.1, 0.15) is 24.1 Å². The highest BCUT2D eigenvalue weighted by atomic mass is 35.5. The Balaban J connectivity index is 0.00000225. The Morgan fingerprint density at radius 1 is 1.07 bits per heavy atom. The molecule has 1 unspecified atom stereocenters. The van der Waals surface area contributed by atoms with Gasteiger partial charge in [-0.15, -0.1) is 12.4 Å². The third kappa shape index (κ3) is 4.16. The zero-order chi connectivity index (χ0) is 18.6. The summed E-state index contributed by atoms with van der Waals surface area (Å²) in [4.78, 5) is 14.0. The van der Waals surface area contributed by atoms with Gasteiger partial charge in [0.1, 0.15) is 5.69 Å². The topological polar surface area (TPSA) is 81.2 Å². The summed E-state index contributed by atoms with van der Waals surface area (Å²) in [5.74, 6) is 0.921. The van der Waals surface area contributed by atoms with Crippen molar-refractivity contribution in [3.63, 3.8) is 0 Å². The van der Waals surface area contributed by atoms with Gasteiger partial charge in [-0.05, 0) is 12.5 Å². The molecule has 0 saturated carbocycles. The van der Waals surface area contributed by atoms with Gasteiger partial charge in [-0.25, -0.2) is 4.98 Å². The largest absolute Gasteiger partial charge is 0.392 e. The minimum atomic E-state index is 0. The van der Waals surface area contributed by atoms with E-state index in [4.69, 9.17) is 0 Å². The Labute approximate surface area is 170 Å². The zero-order valence-electron chi connectivity index (χ0n) is 15.8. The van der Waals surface area contributed by atoms with E-state index in [2.05, 4.69) is 36.9 Å². The van der Waals surface area contributed by atoms with Crippen molar-refractivity contribution in [1.82, 2.24) is 25.1 Å². The summed E-state index contributed by atoms with van der Waals surface area (Å²) in [6.07, 6.45) is 7.35. The normalized spacial score (nSPS) is 15.9. The summed E-state index contributed by atoms with van der Waals surface area (Å²) < 4.78 is 0. The number of nitrogens with zero attached hydrogens (tertiary/aromatic N) is 5. The van der Waals surface area contributed by atoms with Crippen LogP contribution in [-0.4, -0.2) is 56.4 Å². The molecule has 3 heterocycles. The van der Waals surface area contributed by atoms with Crippen LogP contribution in [0, 0.1) is 0 Å². The van der Waals surface area contributed by atoms with Crippen LogP contribution >= 0.6 is 12.4 Å². The molecule has 7 nitrogen and oxygen atoms in total. The molecule has 1 saturated heterocycles. The fourth-order valence-electron chi connectivity index (χ4n) is 3.55. The number of aliphatic hydroxyl groups is 1. The average Bonchev–Trinajstić information content (AvgIpc) is 3.28. The number of nitrogens with one attached hydrogen (secondary N) is 1. The van der Waals surface area contributed by atoms with E-state index < -0.39 is 0 Å². The Morgan fingerprint density at radius 2 is 1.79 bits per heavy atom. The lowest BCUT2D eigenvalue weighted by atomic mass is 10.1. The molecule has 0 spiro atoms. The highest BCUT2D eigenvalue weighted by Crippen LogP contribution is 2.29. The van der Waals surface area contributed by atoms with E-state index in [1.54, 1.807) is 12.4 Å². The van der Waals surface area contributed by atoms with E-state index in [-0.39, 0.29) is 19.0 Å². The van der Waals surface area contributed by atoms with Crippen molar-refractivity contribution in [2.24, 2.45) is 0 Å². The van der Waals surface area contributed by atoms with Crippen LogP contribution in [0.5, 0.6) is 0 Å². The number of benzene rings is 1. The average molecular weight is 401 g/mol. The number of hydrogen-bond donors (Lipinski definition) is 2. The zero-order valence-corrected chi connectivity index (χ0v) is 16.6. The second-order valence-electron chi connectivity index (χ2n) is 6.81. The van der Waals surface area contributed by atoms with E-state index in [1.165, 1.54) is 5.56 Å². The van der Waals surface area contributed by atoms with E-state index in [9.17, 15) is 5.11 Å². The molecule has 28 heavy (non-hydrogen) atoms. The number of aromatic amines is 1. The third-order valence-corrected chi connectivity index (χ3v) is 5.25. The van der Waals surface area contributed by atoms with Gasteiger partial charge in [0.25, 0.3) is 0 Å². The summed E-state index contributed by atoms with van der Waals surface area (Å²) in [5, 5.41) is 16.2. The summed E-state index contributed by atoms with van der Waals surface area (Å²) in [5.41, 5.74) is 4.02. The molecule has 8 heteroatoms. The van der Waals surface area contributed by atoms with Crippen molar-refractivity contribution in [2.75, 3.05) is 31.1 Å². The molecule has 2 aromatic heterocycles. The molecule has 1 aliphatic rings. The smallest absolute Gasteiger partial charge is 0.155 e. The van der Waals surface area contributed by atoms with Gasteiger partial charge >= 0.3 is 0 Å². The van der Waals surface area contributed by atoms with Crippen LogP contribution in [0.2, 0.25) is 0 Å². The molecule has 2 N–H and O–H groups in total. The van der Waals surface area contributed by atoms with Crippen LogP contribution < -0.4 is 4.90 Å². The van der Waals surface area contributed by atoms with Gasteiger partial charge in [0.15, 0.2) is 5.82 Å². The highest BCUT2D eigenvalue weighted by Gasteiger charge is 2.25. The quantitative estimate of drug-likeness (QED) is 0.685. The number of anilines is 1. The van der Waals surface area contributed by atoms with Gasteiger partial charge in [-0.1, -0.05) is 24.3 Å². The van der Waals surface area contributed by atoms with Gasteiger partial charge < -0.3 is 10.0 Å². The molecule has 0 bridgehead atoms. The minimum Gasteiger partial charge on any atom is -0.392 e. The maximum Gasteiger partial charge on any atom is 0.155 e. The molecule has 1 aliphatic heterocycles. The molecule has 148 valence electrons. The molecule has 0 amide bonds. The van der Waals surface area contributed by atoms with Crippen molar-refractivity contribution in [3.05, 3.63) is 60.2 Å². The van der Waals surface area contributed by atoms with Crippen molar-refractivity contribution < 1.29 is 5.11 Å². The SMILES string of the molecule is CC(c1cn[nH]c1)N1CCN(c2nccnc2-c2ccc(CO)cc2)CC1.Cl. The molecule has 0 aliphatic carbocycles. The van der Waals surface area contributed by atoms with Crippen molar-refractivity contribution in [2.45, 2.75) is 19.6 Å². The molecular formula is C20H25ClN6O. The van der Waals surface area contributed by atoms with Crippen LogP contribution in [0.3, 0.4) is 0 Å². The monoisotopic (exact) mass is 400 g/mol. The van der Waals surface area contributed by atoms with Crippen LogP contribution in [0.4, 0.5) is 5.82 Å². The molecule has 4 rings (SSSR count). The van der Waals surface area contributed by atoms with Crippen molar-refractivity contribution in [1.29, 1.82) is 0 Å². The highest BCUT2D eigenvalue weighted by molar-refractivity contribution is 5.85. The second-order valence-corrected chi connectivity index (χ2v) is 6.81. The Kier molecular flexibility index (Phi) is 6.61. The van der Waals surface area contributed by atoms with Gasteiger partial charge in [0.2, 0.25) is 0 Å². The maximum absolute atomic E-state index is 9.25. The van der Waals surface area contributed by atoms with Crippen molar-refractivity contribution in [3.8, 4) is 11.3 Å². The number of aliphatic hydroxyl groups excluding tert-OH is 1. The van der Waals surface area contributed by atoms with Crippen molar-refractivity contribution >= 4 is 18.2 Å². The number of H-pyrrole nitrogens is 1. The molecule has 0 radical (unpaired) electrons. The Morgan fingerprint density at radius 3 is 2.43 bits per heavy atom. The van der Waals surface area contributed by atoms with Crippen LogP contribution in [-0.2, 0) is 6.61 Å². The summed E-state index contributed by atoms with van der Waals surface area (Å²) in [6, 6.07) is 8.20. The minimum absolute atomic E-state index is 0. The lowest BCUT2D eigenvalue weighted by Crippen LogP contribution is -2.47. The number of halogens is 1. The fourth-order valence-corrected chi connectivity index (χ4v) is 3.55. The molecular weight excluding hydrogens is 376 g/mol. The maximum atomic E-state index is 9.25. The first-order valence-corrected chi connectivity index (χ1v) is 9.25. The first-order chi connectivity index (χ1) is 13.3. The lowest BCUT2D eigenvalue weighted by Gasteiger charge is -2.38. The third-order valence-electron chi connectivity index (χ3n) is 5.25. The van der Waals surface area contributed by atoms with Gasteiger partial charge in [-0.3, -0.25) is 15.0 Å². The first-order valence-electron chi connectivity index (χ1n) is 9.25. The molecule has 3 aromatic rings. The lowest BCUT2D eigenvalue weighted by molar-refractivity contribution is 0.198. The van der Waals surface area contributed by atoms with Gasteiger partial charge in [-0.2, -0.15) is 5.10 Å². The van der Waals surface area contributed by atoms with Gasteiger partial charge in [0.05, 0.1) is 12.8 Å². The predicted octanol–water partition coefficient (Wildman–Crippen LogP) is 2.66. The Hall–Kier alpha value is -2.48. The predicted molar refractivity (Wildman–Crippen MR) is 111 cm³/mol. The summed E-state index contributed by atoms with van der Waals surface area (Å²) in [6.45, 7) is 6.00. The summed E-state index contributed by atoms with van der Waals surface area (Å²) in [7, 11) is 0. The van der Waals surface area contributed by atoms with Crippen LogP contribution in [0.25, 0.3) is 11.3 Å². The number of hydrogen-bond acceptors (Lipinski definition) is 6. The van der Waals surface area contributed by atoms with E-state index in [0.29, 0.717) is 6.04 Å². The standard InChI is InChI=1S/C20H24N6O.ClH/c1-15(18-12-23-24-13-18)25-8-10-26(11-9-25)20-19(21-6-7-22-20)17-4-2-16(14-27)3-5-17;/h2-7,12-13,15,27H,8-11,14H2,1H3,(H,23,24);1H. The summed E-state index contributed by atoms with van der Waals surface area (Å²) >= 11 is 0. The van der Waals surface area contributed by atoms with Gasteiger partial charge in [0, 0.05) is 61.9 Å². The Bertz CT molecular complexity index is 863. The molecule has 1 fully saturated rings. The number of rotatable bonds is 5. The fraction of sp³-hybridized carbons (Fsp3) is 0.350. The van der Waals surface area contributed by atoms with E-state index >= 15 is 0 Å². The number of piperazine rings is 1. The van der Waals surface area contributed by atoms with E-state index in [0.717, 1.165) is 48.8 Å². The second kappa shape index (κ2) is 9.14. The van der Waals surface area contributed by atoms with E-state index in [1.807, 2.05) is 36.7 Å². The molecule has 1 aromatic carbocycles. The van der Waals surface area contributed by atoms with Crippen LogP contribution in [0.15, 0.2) is 49.1 Å².